The number of ether oxygens (including phenoxy) is 1. The largest absolute Gasteiger partial charge is 0.379 e. The third-order valence-corrected chi connectivity index (χ3v) is 2.58. The second kappa shape index (κ2) is 2.89. The van der Waals surface area contributed by atoms with Gasteiger partial charge in [0, 0.05) is 13.2 Å². The van der Waals surface area contributed by atoms with Crippen LogP contribution in [0.2, 0.25) is 0 Å². The van der Waals surface area contributed by atoms with E-state index in [1.807, 2.05) is 0 Å². The van der Waals surface area contributed by atoms with E-state index in [4.69, 9.17) is 10.5 Å². The quantitative estimate of drug-likeness (QED) is 0.600. The fourth-order valence-electron chi connectivity index (χ4n) is 1.45. The Morgan fingerprint density at radius 2 is 1.90 bits per heavy atom. The van der Waals surface area contributed by atoms with Crippen LogP contribution in [0.4, 0.5) is 0 Å². The summed E-state index contributed by atoms with van der Waals surface area (Å²) in [5, 5.41) is 0. The molecule has 1 rings (SSSR count). The lowest BCUT2D eigenvalue weighted by atomic mass is 9.84. The fraction of sp³-hybridized carbons (Fsp3) is 1.00. The Bertz CT molecular complexity index is 106. The van der Waals surface area contributed by atoms with Crippen molar-refractivity contribution in [1.82, 2.24) is 0 Å². The molecule has 0 saturated heterocycles. The number of nitrogens with two attached hydrogens (primary N) is 1. The van der Waals surface area contributed by atoms with Crippen LogP contribution < -0.4 is 5.73 Å². The summed E-state index contributed by atoms with van der Waals surface area (Å²) in [6, 6.07) is 0.420. The molecule has 2 nitrogen and oxygen atoms in total. The van der Waals surface area contributed by atoms with E-state index in [1.165, 1.54) is 0 Å². The average Bonchev–Trinajstić information content (AvgIpc) is 1.96. The lowest BCUT2D eigenvalue weighted by molar-refractivity contribution is -0.0265. The summed E-state index contributed by atoms with van der Waals surface area (Å²) in [5.74, 6) is 0. The predicted octanol–water partition coefficient (Wildman–Crippen LogP) is 1.29. The Labute approximate surface area is 62.7 Å². The number of hydrogen-bond acceptors (Lipinski definition) is 2. The second-order valence-corrected chi connectivity index (χ2v) is 3.49. The van der Waals surface area contributed by atoms with Crippen LogP contribution in [0.25, 0.3) is 0 Å². The van der Waals surface area contributed by atoms with Gasteiger partial charge in [-0.25, -0.2) is 0 Å². The van der Waals surface area contributed by atoms with Crippen LogP contribution in [0.1, 0.15) is 32.6 Å². The zero-order chi connectivity index (χ0) is 7.61. The molecule has 1 aliphatic carbocycles. The maximum absolute atomic E-state index is 5.75. The van der Waals surface area contributed by atoms with Crippen molar-refractivity contribution in [3.63, 3.8) is 0 Å². The van der Waals surface area contributed by atoms with Gasteiger partial charge in [-0.2, -0.15) is 0 Å². The molecule has 1 saturated carbocycles. The summed E-state index contributed by atoms with van der Waals surface area (Å²) in [6.07, 6.45) is 4.46. The molecule has 0 atom stereocenters. The van der Waals surface area contributed by atoms with Crippen molar-refractivity contribution < 1.29 is 4.74 Å². The van der Waals surface area contributed by atoms with Crippen molar-refractivity contribution in [3.8, 4) is 0 Å². The first-order chi connectivity index (χ1) is 4.66. The highest BCUT2D eigenvalue weighted by molar-refractivity contribution is 4.84. The Morgan fingerprint density at radius 1 is 1.40 bits per heavy atom. The SMILES string of the molecule is COC1(C)CCC(N)CC1. The highest BCUT2D eigenvalue weighted by Crippen LogP contribution is 2.29. The van der Waals surface area contributed by atoms with Gasteiger partial charge >= 0.3 is 0 Å². The molecule has 60 valence electrons. The first-order valence-electron chi connectivity index (χ1n) is 3.97. The van der Waals surface area contributed by atoms with Crippen LogP contribution in [-0.4, -0.2) is 18.8 Å². The van der Waals surface area contributed by atoms with Crippen molar-refractivity contribution in [3.05, 3.63) is 0 Å². The molecule has 2 heteroatoms. The maximum atomic E-state index is 5.75. The van der Waals surface area contributed by atoms with Gasteiger partial charge in [-0.1, -0.05) is 0 Å². The molecule has 0 amide bonds. The smallest absolute Gasteiger partial charge is 0.0652 e. The number of hydrogen-bond donors (Lipinski definition) is 1. The molecule has 0 spiro atoms. The van der Waals surface area contributed by atoms with Crippen LogP contribution >= 0.6 is 0 Å². The van der Waals surface area contributed by atoms with Gasteiger partial charge in [0.1, 0.15) is 0 Å². The molecule has 1 fully saturated rings. The lowest BCUT2D eigenvalue weighted by Crippen LogP contribution is -2.37. The highest BCUT2D eigenvalue weighted by atomic mass is 16.5. The van der Waals surface area contributed by atoms with E-state index in [1.54, 1.807) is 7.11 Å². The third-order valence-electron chi connectivity index (χ3n) is 2.58. The first kappa shape index (κ1) is 8.02. The van der Waals surface area contributed by atoms with Gasteiger partial charge in [0.15, 0.2) is 0 Å². The lowest BCUT2D eigenvalue weighted by Gasteiger charge is -2.34. The maximum Gasteiger partial charge on any atom is 0.0652 e. The van der Waals surface area contributed by atoms with Gasteiger partial charge in [-0.05, 0) is 32.6 Å². The summed E-state index contributed by atoms with van der Waals surface area (Å²) in [5.41, 5.74) is 5.88. The minimum Gasteiger partial charge on any atom is -0.379 e. The van der Waals surface area contributed by atoms with E-state index >= 15 is 0 Å². The Balaban J connectivity index is 2.38. The molecular formula is C8H17NO. The molecule has 0 radical (unpaired) electrons. The normalized spacial score (nSPS) is 41.7. The van der Waals surface area contributed by atoms with Crippen LogP contribution in [0, 0.1) is 0 Å². The summed E-state index contributed by atoms with van der Waals surface area (Å²) < 4.78 is 5.37. The third kappa shape index (κ3) is 1.70. The average molecular weight is 143 g/mol. The predicted molar refractivity (Wildman–Crippen MR) is 41.9 cm³/mol. The first-order valence-corrected chi connectivity index (χ1v) is 3.97. The molecule has 0 unspecified atom stereocenters. The summed E-state index contributed by atoms with van der Waals surface area (Å²) in [4.78, 5) is 0. The molecule has 0 aliphatic heterocycles. The van der Waals surface area contributed by atoms with E-state index in [0.717, 1.165) is 25.7 Å². The molecule has 0 aromatic heterocycles. The topological polar surface area (TPSA) is 35.2 Å². The number of methoxy groups -OCH3 is 1. The fourth-order valence-corrected chi connectivity index (χ4v) is 1.45. The molecule has 2 N–H and O–H groups in total. The van der Waals surface area contributed by atoms with Gasteiger partial charge in [-0.3, -0.25) is 0 Å². The van der Waals surface area contributed by atoms with Crippen molar-refractivity contribution in [2.24, 2.45) is 5.73 Å². The van der Waals surface area contributed by atoms with Gasteiger partial charge in [0.25, 0.3) is 0 Å². The summed E-state index contributed by atoms with van der Waals surface area (Å²) >= 11 is 0. The van der Waals surface area contributed by atoms with E-state index in [0.29, 0.717) is 6.04 Å². The molecule has 0 heterocycles. The Kier molecular flexibility index (Phi) is 2.32. The van der Waals surface area contributed by atoms with E-state index < -0.39 is 0 Å². The van der Waals surface area contributed by atoms with Gasteiger partial charge in [-0.15, -0.1) is 0 Å². The van der Waals surface area contributed by atoms with Crippen LogP contribution in [0.5, 0.6) is 0 Å². The molecule has 10 heavy (non-hydrogen) atoms. The molecular weight excluding hydrogens is 126 g/mol. The van der Waals surface area contributed by atoms with E-state index in [9.17, 15) is 0 Å². The molecule has 0 aromatic carbocycles. The van der Waals surface area contributed by atoms with E-state index in [-0.39, 0.29) is 5.60 Å². The zero-order valence-corrected chi connectivity index (χ0v) is 6.89. The van der Waals surface area contributed by atoms with Crippen molar-refractivity contribution >= 4 is 0 Å². The van der Waals surface area contributed by atoms with Crippen molar-refractivity contribution in [2.45, 2.75) is 44.2 Å². The highest BCUT2D eigenvalue weighted by Gasteiger charge is 2.28. The van der Waals surface area contributed by atoms with Crippen LogP contribution in [0.3, 0.4) is 0 Å². The standard InChI is InChI=1S/C8H17NO/c1-8(10-2)5-3-7(9)4-6-8/h7H,3-6,9H2,1-2H3. The Hall–Kier alpha value is -0.0800. The van der Waals surface area contributed by atoms with Crippen LogP contribution in [0.15, 0.2) is 0 Å². The monoisotopic (exact) mass is 143 g/mol. The summed E-state index contributed by atoms with van der Waals surface area (Å²) in [6.45, 7) is 2.17. The van der Waals surface area contributed by atoms with Gasteiger partial charge in [0.05, 0.1) is 5.60 Å². The molecule has 0 aromatic rings. The number of rotatable bonds is 1. The Morgan fingerprint density at radius 3 is 2.30 bits per heavy atom. The van der Waals surface area contributed by atoms with Crippen LogP contribution in [-0.2, 0) is 4.74 Å². The zero-order valence-electron chi connectivity index (χ0n) is 6.89. The second-order valence-electron chi connectivity index (χ2n) is 3.49. The molecule has 0 bridgehead atoms. The van der Waals surface area contributed by atoms with E-state index in [2.05, 4.69) is 6.92 Å². The van der Waals surface area contributed by atoms with Gasteiger partial charge < -0.3 is 10.5 Å². The van der Waals surface area contributed by atoms with Crippen molar-refractivity contribution in [1.29, 1.82) is 0 Å². The van der Waals surface area contributed by atoms with Crippen molar-refractivity contribution in [2.75, 3.05) is 7.11 Å². The van der Waals surface area contributed by atoms with Gasteiger partial charge in [0.2, 0.25) is 0 Å². The molecule has 1 aliphatic rings. The summed E-state index contributed by atoms with van der Waals surface area (Å²) in [7, 11) is 1.79. The minimum absolute atomic E-state index is 0.121. The minimum atomic E-state index is 0.121.